The van der Waals surface area contributed by atoms with E-state index < -0.39 is 5.97 Å². The first-order chi connectivity index (χ1) is 32.4. The lowest BCUT2D eigenvalue weighted by atomic mass is 10.0. The number of methoxy groups -OCH3 is 1. The van der Waals surface area contributed by atoms with E-state index in [1.54, 1.807) is 18.2 Å². The highest BCUT2D eigenvalue weighted by Crippen LogP contribution is 2.23. The maximum absolute atomic E-state index is 13.0. The molecule has 0 spiro atoms. The Hall–Kier alpha value is -4.97. The lowest BCUT2D eigenvalue weighted by Gasteiger charge is -2.12. The zero-order chi connectivity index (χ0) is 50.7. The van der Waals surface area contributed by atoms with E-state index in [1.165, 1.54) is 62.8 Å². The van der Waals surface area contributed by atoms with Crippen molar-refractivity contribution in [3.05, 3.63) is 140 Å². The van der Waals surface area contributed by atoms with E-state index in [4.69, 9.17) is 4.74 Å². The number of amides is 2. The minimum Gasteiger partial charge on any atom is -0.465 e. The first kappa shape index (κ1) is 61.0. The van der Waals surface area contributed by atoms with Crippen LogP contribution in [0.3, 0.4) is 0 Å². The summed E-state index contributed by atoms with van der Waals surface area (Å²) in [7, 11) is 1.31. The summed E-state index contributed by atoms with van der Waals surface area (Å²) in [6, 6.07) is 4.85. The van der Waals surface area contributed by atoms with Gasteiger partial charge in [-0.05, 0) is 217 Å². The predicted molar refractivity (Wildman–Crippen MR) is 296 cm³/mol. The van der Waals surface area contributed by atoms with Crippen molar-refractivity contribution < 1.29 is 19.1 Å². The largest absolute Gasteiger partial charge is 0.465 e. The van der Waals surface area contributed by atoms with E-state index in [0.717, 1.165) is 103 Å². The summed E-state index contributed by atoms with van der Waals surface area (Å²) in [5, 5.41) is 5.85. The van der Waals surface area contributed by atoms with Crippen LogP contribution in [0.25, 0.3) is 0 Å². The van der Waals surface area contributed by atoms with Crippen molar-refractivity contribution in [1.29, 1.82) is 0 Å². The first-order valence-electron chi connectivity index (χ1n) is 25.7. The molecule has 1 rings (SSSR count). The second-order valence-electron chi connectivity index (χ2n) is 19.7. The summed E-state index contributed by atoms with van der Waals surface area (Å²) >= 11 is 0. The Kier molecular flexibility index (Phi) is 33.2. The number of hydrogen-bond donors (Lipinski definition) is 2. The average Bonchev–Trinajstić information content (AvgIpc) is 3.27. The SMILES string of the molecule is COC(=O)c1cc(NC(=O)CC/C(C)=C/CC/C(C)=C/CC/C=C(\C)CC/C=C(\C)CCC=C(C)C)cc(NC(=O)CC/C(C)=C/CC/C(C)=C/CC/C=C(\C)CC/C=C(\C)CCC=C(C)C)c1. The molecular formula is C62H94N2O4. The molecule has 68 heavy (non-hydrogen) atoms. The number of nitrogens with one attached hydrogen (secondary N) is 2. The summed E-state index contributed by atoms with van der Waals surface area (Å²) in [6.07, 6.45) is 42.4. The van der Waals surface area contributed by atoms with Crippen molar-refractivity contribution in [2.24, 2.45) is 0 Å². The molecule has 0 aliphatic carbocycles. The van der Waals surface area contributed by atoms with Crippen LogP contribution >= 0.6 is 0 Å². The summed E-state index contributed by atoms with van der Waals surface area (Å²) in [5.74, 6) is -0.855. The Morgan fingerprint density at radius 3 is 0.868 bits per heavy atom. The van der Waals surface area contributed by atoms with E-state index in [1.807, 2.05) is 0 Å². The molecular weight excluding hydrogens is 837 g/mol. The number of benzene rings is 1. The van der Waals surface area contributed by atoms with Gasteiger partial charge in [-0.25, -0.2) is 4.79 Å². The lowest BCUT2D eigenvalue weighted by Crippen LogP contribution is -2.15. The van der Waals surface area contributed by atoms with Crippen molar-refractivity contribution in [2.45, 2.75) is 212 Å². The first-order valence-corrected chi connectivity index (χ1v) is 25.7. The average molecular weight is 931 g/mol. The fraction of sp³-hybridized carbons (Fsp3) is 0.532. The summed E-state index contributed by atoms with van der Waals surface area (Å²) < 4.78 is 4.96. The number of unbranched alkanes of at least 4 members (excludes halogenated alkanes) is 2. The molecule has 0 unspecified atom stereocenters. The monoisotopic (exact) mass is 931 g/mol. The molecule has 0 saturated heterocycles. The van der Waals surface area contributed by atoms with Crippen LogP contribution in [-0.2, 0) is 14.3 Å². The van der Waals surface area contributed by atoms with Gasteiger partial charge in [-0.3, -0.25) is 9.59 Å². The van der Waals surface area contributed by atoms with Gasteiger partial charge >= 0.3 is 5.97 Å². The van der Waals surface area contributed by atoms with Crippen molar-refractivity contribution in [2.75, 3.05) is 17.7 Å². The molecule has 0 radical (unpaired) electrons. The van der Waals surface area contributed by atoms with Gasteiger partial charge in [0.05, 0.1) is 12.7 Å². The molecule has 0 saturated carbocycles. The van der Waals surface area contributed by atoms with Gasteiger partial charge in [-0.2, -0.15) is 0 Å². The minimum absolute atomic E-state index is 0.157. The quantitative estimate of drug-likeness (QED) is 0.0418. The minimum atomic E-state index is -0.541. The summed E-state index contributed by atoms with van der Waals surface area (Å²) in [5.41, 5.74) is 14.9. The highest BCUT2D eigenvalue weighted by molar-refractivity contribution is 5.98. The fourth-order valence-electron chi connectivity index (χ4n) is 7.57. The molecule has 376 valence electrons. The number of allylic oxidation sites excluding steroid dienone is 20. The second-order valence-corrected chi connectivity index (χ2v) is 19.7. The van der Waals surface area contributed by atoms with Crippen LogP contribution in [0.5, 0.6) is 0 Å². The van der Waals surface area contributed by atoms with Crippen LogP contribution in [-0.4, -0.2) is 24.9 Å². The Balaban J connectivity index is 2.54. The highest BCUT2D eigenvalue weighted by Gasteiger charge is 2.13. The summed E-state index contributed by atoms with van der Waals surface area (Å²) in [6.45, 7) is 26.1. The number of carbonyl (C=O) groups excluding carboxylic acids is 3. The van der Waals surface area contributed by atoms with Gasteiger partial charge in [0, 0.05) is 24.2 Å². The van der Waals surface area contributed by atoms with Crippen molar-refractivity contribution in [3.63, 3.8) is 0 Å². The van der Waals surface area contributed by atoms with E-state index >= 15 is 0 Å². The van der Waals surface area contributed by atoms with Crippen LogP contribution in [0.2, 0.25) is 0 Å². The molecule has 0 aliphatic heterocycles. The molecule has 0 heterocycles. The lowest BCUT2D eigenvalue weighted by molar-refractivity contribution is -0.116. The fourth-order valence-corrected chi connectivity index (χ4v) is 7.57. The molecule has 6 heteroatoms. The van der Waals surface area contributed by atoms with E-state index in [9.17, 15) is 14.4 Å². The molecule has 0 atom stereocenters. The standard InChI is InChI=1S/C62H94N2O4/c1-47(2)24-18-30-53(9)36-20-32-49(5)26-14-16-28-51(7)34-22-38-55(11)40-42-60(65)63-58-44-57(62(67)68-13)45-59(46-58)64-61(66)43-41-56(12)39-23-35-52(8)29-17-15-27-50(6)33-21-37-54(10)31-19-25-48(3)4/h24-29,36-39,44-46H,14-23,30-35,40-43H2,1-13H3,(H,63,65)(H,64,66)/b49-26+,50-27+,51-28+,52-29+,53-36+,54-37+,55-38+,56-39+. The van der Waals surface area contributed by atoms with E-state index in [2.05, 4.69) is 154 Å². The zero-order valence-corrected chi connectivity index (χ0v) is 45.3. The normalized spacial score (nSPS) is 13.4. The molecule has 6 nitrogen and oxygen atoms in total. The van der Waals surface area contributed by atoms with E-state index in [-0.39, 0.29) is 17.4 Å². The zero-order valence-electron chi connectivity index (χ0n) is 45.3. The molecule has 0 bridgehead atoms. The smallest absolute Gasteiger partial charge is 0.337 e. The Morgan fingerprint density at radius 2 is 0.603 bits per heavy atom. The van der Waals surface area contributed by atoms with Gasteiger partial charge in [-0.15, -0.1) is 0 Å². The van der Waals surface area contributed by atoms with Crippen molar-refractivity contribution in [1.82, 2.24) is 0 Å². The van der Waals surface area contributed by atoms with Crippen molar-refractivity contribution >= 4 is 29.2 Å². The van der Waals surface area contributed by atoms with Gasteiger partial charge in [0.1, 0.15) is 0 Å². The topological polar surface area (TPSA) is 84.5 Å². The van der Waals surface area contributed by atoms with Gasteiger partial charge in [0.2, 0.25) is 11.8 Å². The predicted octanol–water partition coefficient (Wildman–Crippen LogP) is 18.7. The molecule has 1 aromatic carbocycles. The molecule has 0 aromatic heterocycles. The Labute approximate surface area is 416 Å². The molecule has 0 aliphatic rings. The maximum atomic E-state index is 13.0. The number of anilines is 2. The third-order valence-electron chi connectivity index (χ3n) is 12.0. The molecule has 2 amide bonds. The number of ether oxygens (including phenoxy) is 1. The number of esters is 1. The Morgan fingerprint density at radius 1 is 0.353 bits per heavy atom. The van der Waals surface area contributed by atoms with Gasteiger partial charge in [0.15, 0.2) is 0 Å². The van der Waals surface area contributed by atoms with Crippen LogP contribution in [0.4, 0.5) is 11.4 Å². The van der Waals surface area contributed by atoms with Crippen LogP contribution in [0.15, 0.2) is 135 Å². The number of carbonyl (C=O) groups is 3. The number of hydrogen-bond acceptors (Lipinski definition) is 4. The van der Waals surface area contributed by atoms with Gasteiger partial charge < -0.3 is 15.4 Å². The third-order valence-corrected chi connectivity index (χ3v) is 12.0. The van der Waals surface area contributed by atoms with Crippen LogP contribution in [0, 0.1) is 0 Å². The van der Waals surface area contributed by atoms with E-state index in [0.29, 0.717) is 37.1 Å². The van der Waals surface area contributed by atoms with Gasteiger partial charge in [-0.1, -0.05) is 116 Å². The van der Waals surface area contributed by atoms with Crippen LogP contribution < -0.4 is 10.6 Å². The third kappa shape index (κ3) is 33.5. The van der Waals surface area contributed by atoms with Gasteiger partial charge in [0.25, 0.3) is 0 Å². The molecule has 1 aromatic rings. The highest BCUT2D eigenvalue weighted by atomic mass is 16.5. The summed E-state index contributed by atoms with van der Waals surface area (Å²) in [4.78, 5) is 38.6. The number of rotatable bonds is 33. The van der Waals surface area contributed by atoms with Crippen LogP contribution in [0.1, 0.15) is 222 Å². The maximum Gasteiger partial charge on any atom is 0.337 e. The molecule has 0 fully saturated rings. The Bertz CT molecular complexity index is 1900. The second kappa shape index (κ2) is 37.0. The molecule has 2 N–H and O–H groups in total. The van der Waals surface area contributed by atoms with Crippen molar-refractivity contribution in [3.8, 4) is 0 Å².